The minimum absolute atomic E-state index is 0.416. The molecule has 0 bridgehead atoms. The van der Waals surface area contributed by atoms with Gasteiger partial charge in [-0.2, -0.15) is 0 Å². The molecular weight excluding hydrogens is 288 g/mol. The summed E-state index contributed by atoms with van der Waals surface area (Å²) in [5.74, 6) is 0.757. The first-order valence-electron chi connectivity index (χ1n) is 7.55. The van der Waals surface area contributed by atoms with E-state index in [9.17, 15) is 4.79 Å². The summed E-state index contributed by atoms with van der Waals surface area (Å²) < 4.78 is 11.0. The van der Waals surface area contributed by atoms with Crippen LogP contribution in [0.1, 0.15) is 12.5 Å². The van der Waals surface area contributed by atoms with E-state index >= 15 is 0 Å². The van der Waals surface area contributed by atoms with Crippen molar-refractivity contribution in [2.24, 2.45) is 0 Å². The predicted octanol–water partition coefficient (Wildman–Crippen LogP) is 4.52. The van der Waals surface area contributed by atoms with Gasteiger partial charge in [-0.3, -0.25) is 0 Å². The van der Waals surface area contributed by atoms with Gasteiger partial charge in [0, 0.05) is 0 Å². The van der Waals surface area contributed by atoms with Crippen LogP contribution in [0.15, 0.2) is 66.7 Å². The van der Waals surface area contributed by atoms with E-state index in [-0.39, 0.29) is 0 Å². The standard InChI is InChI=1S/C20H18O3/c1-14-7-10-18(11-8-14)22-15(2)20(21)23-19-12-9-16-5-3-4-6-17(16)13-19/h3-13,15H,1-2H3. The molecule has 0 radical (unpaired) electrons. The van der Waals surface area contributed by atoms with Crippen LogP contribution in [0.25, 0.3) is 10.8 Å². The maximum Gasteiger partial charge on any atom is 0.352 e. The van der Waals surface area contributed by atoms with Crippen molar-refractivity contribution in [1.29, 1.82) is 0 Å². The summed E-state index contributed by atoms with van der Waals surface area (Å²) in [6.45, 7) is 3.68. The van der Waals surface area contributed by atoms with E-state index in [0.29, 0.717) is 11.5 Å². The van der Waals surface area contributed by atoms with E-state index in [2.05, 4.69) is 0 Å². The Kier molecular flexibility index (Phi) is 4.29. The normalized spacial score (nSPS) is 11.9. The van der Waals surface area contributed by atoms with Crippen molar-refractivity contribution in [3.63, 3.8) is 0 Å². The first-order chi connectivity index (χ1) is 11.1. The average molecular weight is 306 g/mol. The molecule has 0 saturated heterocycles. The number of rotatable bonds is 4. The number of carbonyl (C=O) groups is 1. The summed E-state index contributed by atoms with van der Waals surface area (Å²) in [5, 5.41) is 2.14. The molecule has 23 heavy (non-hydrogen) atoms. The van der Waals surface area contributed by atoms with E-state index in [1.807, 2.05) is 67.6 Å². The van der Waals surface area contributed by atoms with Crippen LogP contribution < -0.4 is 9.47 Å². The molecule has 3 nitrogen and oxygen atoms in total. The van der Waals surface area contributed by atoms with E-state index in [1.54, 1.807) is 13.0 Å². The number of esters is 1. The third-order valence-corrected chi connectivity index (χ3v) is 3.61. The molecule has 0 aliphatic rings. The third-order valence-electron chi connectivity index (χ3n) is 3.61. The van der Waals surface area contributed by atoms with Crippen LogP contribution >= 0.6 is 0 Å². The molecule has 0 aliphatic heterocycles. The van der Waals surface area contributed by atoms with Crippen molar-refractivity contribution in [3.05, 3.63) is 72.3 Å². The second-order valence-electron chi connectivity index (χ2n) is 5.50. The monoisotopic (exact) mass is 306 g/mol. The van der Waals surface area contributed by atoms with Gasteiger partial charge in [-0.25, -0.2) is 4.79 Å². The summed E-state index contributed by atoms with van der Waals surface area (Å²) in [6, 6.07) is 21.1. The quantitative estimate of drug-likeness (QED) is 0.525. The minimum atomic E-state index is -0.677. The molecule has 0 amide bonds. The van der Waals surface area contributed by atoms with Crippen LogP contribution in [0.2, 0.25) is 0 Å². The maximum atomic E-state index is 12.2. The van der Waals surface area contributed by atoms with Gasteiger partial charge in [0.25, 0.3) is 0 Å². The number of carbonyl (C=O) groups excluding carboxylic acids is 1. The third kappa shape index (κ3) is 3.69. The van der Waals surface area contributed by atoms with Crippen molar-refractivity contribution in [2.75, 3.05) is 0 Å². The summed E-state index contributed by atoms with van der Waals surface area (Å²) >= 11 is 0. The SMILES string of the molecule is Cc1ccc(OC(C)C(=O)Oc2ccc3ccccc3c2)cc1. The number of ether oxygens (including phenoxy) is 2. The minimum Gasteiger partial charge on any atom is -0.479 e. The Balaban J connectivity index is 1.68. The van der Waals surface area contributed by atoms with Crippen LogP contribution in [0.4, 0.5) is 0 Å². The highest BCUT2D eigenvalue weighted by molar-refractivity contribution is 5.85. The molecule has 1 unspecified atom stereocenters. The second kappa shape index (κ2) is 6.53. The molecule has 0 fully saturated rings. The summed E-state index contributed by atoms with van der Waals surface area (Å²) in [7, 11) is 0. The van der Waals surface area contributed by atoms with Crippen LogP contribution in [-0.2, 0) is 4.79 Å². The lowest BCUT2D eigenvalue weighted by molar-refractivity contribution is -0.141. The van der Waals surface area contributed by atoms with Gasteiger partial charge in [-0.1, -0.05) is 48.0 Å². The van der Waals surface area contributed by atoms with Crippen molar-refractivity contribution >= 4 is 16.7 Å². The van der Waals surface area contributed by atoms with Crippen LogP contribution in [0.5, 0.6) is 11.5 Å². The second-order valence-corrected chi connectivity index (χ2v) is 5.50. The van der Waals surface area contributed by atoms with Crippen molar-refractivity contribution in [2.45, 2.75) is 20.0 Å². The Bertz CT molecular complexity index is 822. The van der Waals surface area contributed by atoms with Gasteiger partial charge in [-0.15, -0.1) is 0 Å². The molecular formula is C20H18O3. The fourth-order valence-corrected chi connectivity index (χ4v) is 2.30. The topological polar surface area (TPSA) is 35.5 Å². The van der Waals surface area contributed by atoms with Crippen LogP contribution in [0, 0.1) is 6.92 Å². The Morgan fingerprint density at radius 1 is 0.870 bits per heavy atom. The van der Waals surface area contributed by atoms with Gasteiger partial charge in [0.1, 0.15) is 11.5 Å². The molecule has 3 heteroatoms. The van der Waals surface area contributed by atoms with Gasteiger partial charge in [-0.05, 0) is 48.9 Å². The molecule has 0 saturated carbocycles. The number of aryl methyl sites for hydroxylation is 1. The number of benzene rings is 3. The largest absolute Gasteiger partial charge is 0.479 e. The van der Waals surface area contributed by atoms with E-state index in [4.69, 9.17) is 9.47 Å². The molecule has 3 aromatic rings. The highest BCUT2D eigenvalue weighted by atomic mass is 16.6. The maximum absolute atomic E-state index is 12.2. The summed E-state index contributed by atoms with van der Waals surface area (Å²) in [6.07, 6.45) is -0.677. The van der Waals surface area contributed by atoms with Crippen molar-refractivity contribution in [3.8, 4) is 11.5 Å². The fraction of sp³-hybridized carbons (Fsp3) is 0.150. The molecule has 1 atom stereocenters. The smallest absolute Gasteiger partial charge is 0.352 e. The molecule has 0 N–H and O–H groups in total. The number of hydrogen-bond acceptors (Lipinski definition) is 3. The van der Waals surface area contributed by atoms with Crippen molar-refractivity contribution < 1.29 is 14.3 Å². The first kappa shape index (κ1) is 15.1. The molecule has 0 aromatic heterocycles. The molecule has 116 valence electrons. The summed E-state index contributed by atoms with van der Waals surface area (Å²) in [4.78, 5) is 12.2. The van der Waals surface area contributed by atoms with Gasteiger partial charge >= 0.3 is 5.97 Å². The van der Waals surface area contributed by atoms with Gasteiger partial charge in [0.15, 0.2) is 6.10 Å². The summed E-state index contributed by atoms with van der Waals surface area (Å²) in [5.41, 5.74) is 1.14. The number of hydrogen-bond donors (Lipinski definition) is 0. The van der Waals surface area contributed by atoms with Gasteiger partial charge in [0.2, 0.25) is 0 Å². The van der Waals surface area contributed by atoms with E-state index in [0.717, 1.165) is 16.3 Å². The highest BCUT2D eigenvalue weighted by Gasteiger charge is 2.17. The van der Waals surface area contributed by atoms with Crippen LogP contribution in [0.3, 0.4) is 0 Å². The Labute approximate surface area is 135 Å². The van der Waals surface area contributed by atoms with Gasteiger partial charge in [0.05, 0.1) is 0 Å². The Hall–Kier alpha value is -2.81. The zero-order valence-corrected chi connectivity index (χ0v) is 13.2. The van der Waals surface area contributed by atoms with Crippen molar-refractivity contribution in [1.82, 2.24) is 0 Å². The number of fused-ring (bicyclic) bond motifs is 1. The first-order valence-corrected chi connectivity index (χ1v) is 7.55. The lowest BCUT2D eigenvalue weighted by Gasteiger charge is -2.14. The van der Waals surface area contributed by atoms with E-state index < -0.39 is 12.1 Å². The fourth-order valence-electron chi connectivity index (χ4n) is 2.30. The zero-order valence-electron chi connectivity index (χ0n) is 13.2. The molecule has 3 rings (SSSR count). The van der Waals surface area contributed by atoms with Crippen LogP contribution in [-0.4, -0.2) is 12.1 Å². The molecule has 0 aliphatic carbocycles. The molecule has 0 heterocycles. The van der Waals surface area contributed by atoms with E-state index in [1.165, 1.54) is 0 Å². The highest BCUT2D eigenvalue weighted by Crippen LogP contribution is 2.21. The average Bonchev–Trinajstić information content (AvgIpc) is 2.56. The lowest BCUT2D eigenvalue weighted by Crippen LogP contribution is -2.28. The molecule has 0 spiro atoms. The Morgan fingerprint density at radius 3 is 2.26 bits per heavy atom. The zero-order chi connectivity index (χ0) is 16.2. The Morgan fingerprint density at radius 2 is 1.52 bits per heavy atom. The lowest BCUT2D eigenvalue weighted by atomic mass is 10.1. The predicted molar refractivity (Wildman–Crippen MR) is 90.9 cm³/mol. The van der Waals surface area contributed by atoms with Gasteiger partial charge < -0.3 is 9.47 Å². The molecule has 3 aromatic carbocycles.